The van der Waals surface area contributed by atoms with E-state index in [9.17, 15) is 4.79 Å². The van der Waals surface area contributed by atoms with Crippen molar-refractivity contribution in [3.63, 3.8) is 0 Å². The summed E-state index contributed by atoms with van der Waals surface area (Å²) in [5.41, 5.74) is 0.904. The van der Waals surface area contributed by atoms with Gasteiger partial charge in [-0.25, -0.2) is 4.79 Å². The van der Waals surface area contributed by atoms with E-state index in [1.807, 2.05) is 24.3 Å². The lowest BCUT2D eigenvalue weighted by molar-refractivity contribution is 0.160. The first kappa shape index (κ1) is 12.8. The van der Waals surface area contributed by atoms with Crippen LogP contribution in [0.5, 0.6) is 0 Å². The first-order chi connectivity index (χ1) is 9.24. The van der Waals surface area contributed by atoms with E-state index in [-0.39, 0.29) is 12.2 Å². The molecule has 19 heavy (non-hydrogen) atoms. The van der Waals surface area contributed by atoms with Gasteiger partial charge in [-0.15, -0.1) is 0 Å². The quantitative estimate of drug-likeness (QED) is 0.903. The second-order valence-electron chi connectivity index (χ2n) is 5.15. The predicted molar refractivity (Wildman–Crippen MR) is 76.5 cm³/mol. The van der Waals surface area contributed by atoms with Gasteiger partial charge in [0, 0.05) is 23.8 Å². The second kappa shape index (κ2) is 5.39. The molecule has 2 fully saturated rings. The summed E-state index contributed by atoms with van der Waals surface area (Å²) in [6.45, 7) is 2.87. The number of piperidine rings is 1. The third kappa shape index (κ3) is 2.69. The van der Waals surface area contributed by atoms with E-state index in [1.54, 1.807) is 4.90 Å². The molecule has 1 aromatic rings. The maximum Gasteiger partial charge on any atom is 0.323 e. The van der Waals surface area contributed by atoms with Gasteiger partial charge in [0.05, 0.1) is 6.54 Å². The summed E-state index contributed by atoms with van der Waals surface area (Å²) in [4.78, 5) is 16.2. The first-order valence-electron chi connectivity index (χ1n) is 6.82. The zero-order chi connectivity index (χ0) is 13.2. The SMILES string of the molecule is O=C1NC(N2CCCCC2)CN1c1ccc(Cl)cc1. The average molecular weight is 280 g/mol. The Kier molecular flexibility index (Phi) is 3.62. The number of anilines is 1. The van der Waals surface area contributed by atoms with Crippen molar-refractivity contribution in [2.45, 2.75) is 25.4 Å². The molecule has 102 valence electrons. The van der Waals surface area contributed by atoms with Crippen LogP contribution in [-0.4, -0.2) is 36.7 Å². The van der Waals surface area contributed by atoms with Gasteiger partial charge in [0.2, 0.25) is 0 Å². The Balaban J connectivity index is 1.70. The normalized spacial score (nSPS) is 24.6. The molecule has 0 radical (unpaired) electrons. The van der Waals surface area contributed by atoms with Gasteiger partial charge in [0.1, 0.15) is 6.17 Å². The molecule has 1 aromatic carbocycles. The van der Waals surface area contributed by atoms with Gasteiger partial charge in [-0.3, -0.25) is 9.80 Å². The minimum atomic E-state index is -0.0158. The molecule has 1 unspecified atom stereocenters. The highest BCUT2D eigenvalue weighted by Gasteiger charge is 2.33. The molecule has 2 amide bonds. The monoisotopic (exact) mass is 279 g/mol. The third-order valence-corrected chi connectivity index (χ3v) is 4.11. The largest absolute Gasteiger partial charge is 0.323 e. The van der Waals surface area contributed by atoms with E-state index < -0.39 is 0 Å². The van der Waals surface area contributed by atoms with Crippen LogP contribution in [0.3, 0.4) is 0 Å². The number of hydrogen-bond acceptors (Lipinski definition) is 2. The second-order valence-corrected chi connectivity index (χ2v) is 5.59. The number of urea groups is 1. The van der Waals surface area contributed by atoms with Crippen LogP contribution >= 0.6 is 11.6 Å². The van der Waals surface area contributed by atoms with E-state index in [0.717, 1.165) is 18.8 Å². The number of carbonyl (C=O) groups is 1. The highest BCUT2D eigenvalue weighted by atomic mass is 35.5. The van der Waals surface area contributed by atoms with E-state index in [1.165, 1.54) is 19.3 Å². The fourth-order valence-corrected chi connectivity index (χ4v) is 2.93. The molecule has 2 aliphatic rings. The number of nitrogens with one attached hydrogen (secondary N) is 1. The number of amides is 2. The van der Waals surface area contributed by atoms with Crippen LogP contribution in [0.1, 0.15) is 19.3 Å². The van der Waals surface area contributed by atoms with Gasteiger partial charge in [-0.2, -0.15) is 0 Å². The van der Waals surface area contributed by atoms with Gasteiger partial charge in [0.25, 0.3) is 0 Å². The maximum atomic E-state index is 12.1. The maximum absolute atomic E-state index is 12.1. The molecule has 2 heterocycles. The summed E-state index contributed by atoms with van der Waals surface area (Å²) >= 11 is 5.88. The molecule has 0 spiro atoms. The molecule has 0 saturated carbocycles. The topological polar surface area (TPSA) is 35.6 Å². The molecule has 0 bridgehead atoms. The zero-order valence-electron chi connectivity index (χ0n) is 10.8. The van der Waals surface area contributed by atoms with Crippen molar-refractivity contribution in [2.24, 2.45) is 0 Å². The number of hydrogen-bond donors (Lipinski definition) is 1. The van der Waals surface area contributed by atoms with Gasteiger partial charge in [0.15, 0.2) is 0 Å². The van der Waals surface area contributed by atoms with Gasteiger partial charge in [-0.1, -0.05) is 18.0 Å². The Morgan fingerprint density at radius 1 is 1.11 bits per heavy atom. The lowest BCUT2D eigenvalue weighted by Crippen LogP contribution is -2.46. The molecule has 5 heteroatoms. The van der Waals surface area contributed by atoms with Crippen molar-refractivity contribution in [2.75, 3.05) is 24.5 Å². The van der Waals surface area contributed by atoms with Crippen molar-refractivity contribution in [3.05, 3.63) is 29.3 Å². The van der Waals surface area contributed by atoms with Crippen molar-refractivity contribution in [1.29, 1.82) is 0 Å². The van der Waals surface area contributed by atoms with Crippen LogP contribution < -0.4 is 10.2 Å². The minimum absolute atomic E-state index is 0.0158. The highest BCUT2D eigenvalue weighted by molar-refractivity contribution is 6.30. The fourth-order valence-electron chi connectivity index (χ4n) is 2.80. The van der Waals surface area contributed by atoms with Crippen LogP contribution in [-0.2, 0) is 0 Å². The molecular weight excluding hydrogens is 262 g/mol. The summed E-state index contributed by atoms with van der Waals surface area (Å²) < 4.78 is 0. The number of nitrogens with zero attached hydrogens (tertiary/aromatic N) is 2. The minimum Gasteiger partial charge on any atom is -0.320 e. The summed E-state index contributed by atoms with van der Waals surface area (Å²) in [5, 5.41) is 3.76. The van der Waals surface area contributed by atoms with E-state index >= 15 is 0 Å². The molecule has 0 aliphatic carbocycles. The summed E-state index contributed by atoms with van der Waals surface area (Å²) in [7, 11) is 0. The molecule has 0 aromatic heterocycles. The Hall–Kier alpha value is -1.26. The summed E-state index contributed by atoms with van der Waals surface area (Å²) in [5.74, 6) is 0. The molecule has 2 aliphatic heterocycles. The van der Waals surface area contributed by atoms with Crippen LogP contribution in [0, 0.1) is 0 Å². The van der Waals surface area contributed by atoms with E-state index in [0.29, 0.717) is 11.6 Å². The van der Waals surface area contributed by atoms with Gasteiger partial charge in [-0.05, 0) is 37.1 Å². The third-order valence-electron chi connectivity index (χ3n) is 3.86. The Bertz CT molecular complexity index is 456. The number of likely N-dealkylation sites (tertiary alicyclic amines) is 1. The molecular formula is C14H18ClN3O. The first-order valence-corrected chi connectivity index (χ1v) is 7.19. The van der Waals surface area contributed by atoms with Gasteiger partial charge < -0.3 is 5.32 Å². The van der Waals surface area contributed by atoms with Gasteiger partial charge >= 0.3 is 6.03 Å². The zero-order valence-corrected chi connectivity index (χ0v) is 11.6. The predicted octanol–water partition coefficient (Wildman–Crippen LogP) is 2.68. The molecule has 1 N–H and O–H groups in total. The van der Waals surface area contributed by atoms with Crippen molar-refractivity contribution < 1.29 is 4.79 Å². The standard InChI is InChI=1S/C14H18ClN3O/c15-11-4-6-12(7-5-11)18-10-13(16-14(18)19)17-8-2-1-3-9-17/h4-7,13H,1-3,8-10H2,(H,16,19). The molecule has 3 rings (SSSR count). The van der Waals surface area contributed by atoms with Crippen LogP contribution in [0.2, 0.25) is 5.02 Å². The van der Waals surface area contributed by atoms with E-state index in [2.05, 4.69) is 10.2 Å². The molecule has 2 saturated heterocycles. The van der Waals surface area contributed by atoms with Crippen molar-refractivity contribution in [3.8, 4) is 0 Å². The van der Waals surface area contributed by atoms with Crippen LogP contribution in [0.4, 0.5) is 10.5 Å². The number of halogens is 1. The highest BCUT2D eigenvalue weighted by Crippen LogP contribution is 2.23. The fraction of sp³-hybridized carbons (Fsp3) is 0.500. The Morgan fingerprint density at radius 2 is 1.79 bits per heavy atom. The van der Waals surface area contributed by atoms with Crippen LogP contribution in [0.25, 0.3) is 0 Å². The Labute approximate surface area is 118 Å². The lowest BCUT2D eigenvalue weighted by Gasteiger charge is -2.31. The summed E-state index contributed by atoms with van der Waals surface area (Å²) in [6, 6.07) is 7.40. The number of carbonyl (C=O) groups excluding carboxylic acids is 1. The van der Waals surface area contributed by atoms with Crippen molar-refractivity contribution >= 4 is 23.3 Å². The Morgan fingerprint density at radius 3 is 2.47 bits per heavy atom. The summed E-state index contributed by atoms with van der Waals surface area (Å²) in [6.07, 6.45) is 3.90. The lowest BCUT2D eigenvalue weighted by atomic mass is 10.1. The average Bonchev–Trinajstić information content (AvgIpc) is 2.83. The number of benzene rings is 1. The van der Waals surface area contributed by atoms with E-state index in [4.69, 9.17) is 11.6 Å². The van der Waals surface area contributed by atoms with Crippen LogP contribution in [0.15, 0.2) is 24.3 Å². The smallest absolute Gasteiger partial charge is 0.320 e. The molecule has 1 atom stereocenters. The molecule has 4 nitrogen and oxygen atoms in total. The number of rotatable bonds is 2. The van der Waals surface area contributed by atoms with Crippen molar-refractivity contribution in [1.82, 2.24) is 10.2 Å².